The van der Waals surface area contributed by atoms with Crippen LogP contribution in [-0.4, -0.2) is 16.8 Å². The molecule has 0 radical (unpaired) electrons. The molecule has 0 unspecified atom stereocenters. The van der Waals surface area contributed by atoms with Crippen LogP contribution in [0.25, 0.3) is 0 Å². The first-order chi connectivity index (χ1) is 5.88. The van der Waals surface area contributed by atoms with Crippen molar-refractivity contribution in [1.29, 1.82) is 0 Å². The zero-order valence-electron chi connectivity index (χ0n) is 7.88. The molecule has 1 N–H and O–H groups in total. The maximum atomic E-state index is 4.25. The van der Waals surface area contributed by atoms with Gasteiger partial charge >= 0.3 is 0 Å². The summed E-state index contributed by atoms with van der Waals surface area (Å²) in [6, 6.07) is 2.06. The van der Waals surface area contributed by atoms with Crippen molar-refractivity contribution in [3.63, 3.8) is 0 Å². The van der Waals surface area contributed by atoms with Crippen LogP contribution >= 0.6 is 0 Å². The number of nitrogens with zero attached hydrogens (tertiary/aromatic N) is 2. The van der Waals surface area contributed by atoms with E-state index in [-0.39, 0.29) is 0 Å². The Morgan fingerprint density at radius 2 is 2.42 bits per heavy atom. The average molecular weight is 167 g/mol. The van der Waals surface area contributed by atoms with E-state index < -0.39 is 0 Å². The Morgan fingerprint density at radius 3 is 3.08 bits per heavy atom. The van der Waals surface area contributed by atoms with Crippen LogP contribution in [0.4, 0.5) is 0 Å². The molecule has 0 saturated heterocycles. The van der Waals surface area contributed by atoms with Gasteiger partial charge in [-0.3, -0.25) is 4.68 Å². The van der Waals surface area contributed by atoms with Crippen LogP contribution in [0.3, 0.4) is 0 Å². The summed E-state index contributed by atoms with van der Waals surface area (Å²) in [6.45, 7) is 4.14. The van der Waals surface area contributed by atoms with E-state index in [9.17, 15) is 0 Å². The summed E-state index contributed by atoms with van der Waals surface area (Å²) < 4.78 is 2.07. The highest BCUT2D eigenvalue weighted by atomic mass is 15.3. The SMILES string of the molecule is CCCCn1nccc1CNC. The molecule has 0 aliphatic carbocycles. The van der Waals surface area contributed by atoms with Crippen LogP contribution in [-0.2, 0) is 13.1 Å². The Morgan fingerprint density at radius 1 is 1.58 bits per heavy atom. The van der Waals surface area contributed by atoms with Gasteiger partial charge in [0.2, 0.25) is 0 Å². The van der Waals surface area contributed by atoms with Gasteiger partial charge in [0.15, 0.2) is 0 Å². The minimum Gasteiger partial charge on any atom is -0.314 e. The van der Waals surface area contributed by atoms with Gasteiger partial charge in [-0.15, -0.1) is 0 Å². The Balaban J connectivity index is 2.51. The van der Waals surface area contributed by atoms with Crippen LogP contribution < -0.4 is 5.32 Å². The summed E-state index contributed by atoms with van der Waals surface area (Å²) >= 11 is 0. The van der Waals surface area contributed by atoms with E-state index in [1.807, 2.05) is 13.2 Å². The van der Waals surface area contributed by atoms with Crippen molar-refractivity contribution in [1.82, 2.24) is 15.1 Å². The van der Waals surface area contributed by atoms with Crippen molar-refractivity contribution in [2.45, 2.75) is 32.9 Å². The molecule has 0 atom stereocenters. The zero-order chi connectivity index (χ0) is 8.81. The molecule has 1 aromatic rings. The maximum Gasteiger partial charge on any atom is 0.0521 e. The molecule has 68 valence electrons. The minimum absolute atomic E-state index is 0.906. The van der Waals surface area contributed by atoms with Gasteiger partial charge in [0, 0.05) is 19.3 Å². The summed E-state index contributed by atoms with van der Waals surface area (Å²) in [4.78, 5) is 0. The van der Waals surface area contributed by atoms with Crippen LogP contribution in [0.2, 0.25) is 0 Å². The molecule has 0 aromatic carbocycles. The summed E-state index contributed by atoms with van der Waals surface area (Å²) in [6.07, 6.45) is 4.29. The molecule has 0 saturated carbocycles. The fraction of sp³-hybridized carbons (Fsp3) is 0.667. The Labute approximate surface area is 73.8 Å². The second-order valence-electron chi connectivity index (χ2n) is 2.93. The first-order valence-electron chi connectivity index (χ1n) is 4.53. The predicted octanol–water partition coefficient (Wildman–Crippen LogP) is 1.40. The highest BCUT2D eigenvalue weighted by molar-refractivity contribution is 4.99. The van der Waals surface area contributed by atoms with Crippen LogP contribution in [0.5, 0.6) is 0 Å². The zero-order valence-corrected chi connectivity index (χ0v) is 7.88. The summed E-state index contributed by atoms with van der Waals surface area (Å²) in [5, 5.41) is 7.38. The van der Waals surface area contributed by atoms with E-state index in [0.29, 0.717) is 0 Å². The lowest BCUT2D eigenvalue weighted by molar-refractivity contribution is 0.540. The molecule has 0 amide bonds. The monoisotopic (exact) mass is 167 g/mol. The van der Waals surface area contributed by atoms with Crippen molar-refractivity contribution < 1.29 is 0 Å². The van der Waals surface area contributed by atoms with Gasteiger partial charge in [-0.25, -0.2) is 0 Å². The highest BCUT2D eigenvalue weighted by Crippen LogP contribution is 2.00. The fourth-order valence-corrected chi connectivity index (χ4v) is 1.20. The molecule has 0 aliphatic heterocycles. The fourth-order valence-electron chi connectivity index (χ4n) is 1.20. The molecular formula is C9H17N3. The Hall–Kier alpha value is -0.830. The topological polar surface area (TPSA) is 29.9 Å². The number of hydrogen-bond acceptors (Lipinski definition) is 2. The van der Waals surface area contributed by atoms with Crippen LogP contribution in [0, 0.1) is 0 Å². The Bertz CT molecular complexity index is 217. The van der Waals surface area contributed by atoms with E-state index in [0.717, 1.165) is 13.1 Å². The molecule has 0 fully saturated rings. The molecule has 1 aromatic heterocycles. The van der Waals surface area contributed by atoms with E-state index in [1.54, 1.807) is 0 Å². The summed E-state index contributed by atoms with van der Waals surface area (Å²) in [5.41, 5.74) is 1.27. The smallest absolute Gasteiger partial charge is 0.0521 e. The second-order valence-corrected chi connectivity index (χ2v) is 2.93. The highest BCUT2D eigenvalue weighted by Gasteiger charge is 1.98. The lowest BCUT2D eigenvalue weighted by Gasteiger charge is -2.05. The third kappa shape index (κ3) is 2.34. The molecule has 1 heterocycles. The predicted molar refractivity (Wildman–Crippen MR) is 49.9 cm³/mol. The van der Waals surface area contributed by atoms with Crippen molar-refractivity contribution in [3.05, 3.63) is 18.0 Å². The van der Waals surface area contributed by atoms with Crippen molar-refractivity contribution in [3.8, 4) is 0 Å². The number of unbranched alkanes of at least 4 members (excludes halogenated alkanes) is 1. The third-order valence-corrected chi connectivity index (χ3v) is 1.89. The minimum atomic E-state index is 0.906. The molecule has 0 bridgehead atoms. The standard InChI is InChI=1S/C9H17N3/c1-3-4-7-12-9(8-10-2)5-6-11-12/h5-6,10H,3-4,7-8H2,1-2H3. The first kappa shape index (κ1) is 9.26. The number of aryl methyl sites for hydroxylation is 1. The normalized spacial score (nSPS) is 10.5. The van der Waals surface area contributed by atoms with Gasteiger partial charge in [0.25, 0.3) is 0 Å². The van der Waals surface area contributed by atoms with Gasteiger partial charge < -0.3 is 5.32 Å². The third-order valence-electron chi connectivity index (χ3n) is 1.89. The average Bonchev–Trinajstić information content (AvgIpc) is 2.50. The van der Waals surface area contributed by atoms with E-state index in [4.69, 9.17) is 0 Å². The van der Waals surface area contributed by atoms with Gasteiger partial charge in [-0.2, -0.15) is 5.10 Å². The molecule has 0 aliphatic rings. The lowest BCUT2D eigenvalue weighted by atomic mass is 10.3. The second kappa shape index (κ2) is 4.93. The van der Waals surface area contributed by atoms with Crippen molar-refractivity contribution in [2.24, 2.45) is 0 Å². The van der Waals surface area contributed by atoms with E-state index in [1.165, 1.54) is 18.5 Å². The summed E-state index contributed by atoms with van der Waals surface area (Å²) in [5.74, 6) is 0. The van der Waals surface area contributed by atoms with Crippen molar-refractivity contribution in [2.75, 3.05) is 7.05 Å². The lowest BCUT2D eigenvalue weighted by Crippen LogP contribution is -2.12. The Kier molecular flexibility index (Phi) is 3.80. The van der Waals surface area contributed by atoms with Crippen molar-refractivity contribution >= 4 is 0 Å². The van der Waals surface area contributed by atoms with Crippen LogP contribution in [0.15, 0.2) is 12.3 Å². The molecule has 0 spiro atoms. The quantitative estimate of drug-likeness (QED) is 0.718. The number of rotatable bonds is 5. The molecule has 1 rings (SSSR count). The molecule has 12 heavy (non-hydrogen) atoms. The number of hydrogen-bond donors (Lipinski definition) is 1. The molecule has 3 heteroatoms. The maximum absolute atomic E-state index is 4.25. The largest absolute Gasteiger partial charge is 0.314 e. The number of nitrogens with one attached hydrogen (secondary N) is 1. The van der Waals surface area contributed by atoms with Gasteiger partial charge in [0.05, 0.1) is 5.69 Å². The first-order valence-corrected chi connectivity index (χ1v) is 4.53. The van der Waals surface area contributed by atoms with Gasteiger partial charge in [-0.1, -0.05) is 13.3 Å². The molecule has 3 nitrogen and oxygen atoms in total. The van der Waals surface area contributed by atoms with Crippen LogP contribution in [0.1, 0.15) is 25.5 Å². The molecular weight excluding hydrogens is 150 g/mol. The summed E-state index contributed by atoms with van der Waals surface area (Å²) in [7, 11) is 1.96. The number of aromatic nitrogens is 2. The van der Waals surface area contributed by atoms with E-state index >= 15 is 0 Å². The van der Waals surface area contributed by atoms with E-state index in [2.05, 4.69) is 28.1 Å². The van der Waals surface area contributed by atoms with Gasteiger partial charge in [-0.05, 0) is 19.5 Å². The van der Waals surface area contributed by atoms with Gasteiger partial charge in [0.1, 0.15) is 0 Å².